The van der Waals surface area contributed by atoms with Gasteiger partial charge in [-0.3, -0.25) is 19.8 Å². The maximum Gasteiger partial charge on any atom is 0.266 e. The number of likely N-dealkylation sites (tertiary alicyclic amines) is 1. The van der Waals surface area contributed by atoms with E-state index in [0.717, 1.165) is 0 Å². The molecule has 0 bridgehead atoms. The molecule has 9 heteroatoms. The largest absolute Gasteiger partial charge is 0.338 e. The summed E-state index contributed by atoms with van der Waals surface area (Å²) < 4.78 is 13.6. The van der Waals surface area contributed by atoms with Crippen LogP contribution < -0.4 is 10.9 Å². The van der Waals surface area contributed by atoms with Crippen LogP contribution in [0.1, 0.15) is 17.5 Å². The Bertz CT molecular complexity index is 1010. The predicted molar refractivity (Wildman–Crippen MR) is 109 cm³/mol. The van der Waals surface area contributed by atoms with E-state index in [1.165, 1.54) is 12.1 Å². The molecule has 1 saturated heterocycles. The lowest BCUT2D eigenvalue weighted by atomic mass is 9.98. The van der Waals surface area contributed by atoms with Crippen molar-refractivity contribution in [1.29, 1.82) is 5.26 Å². The highest BCUT2D eigenvalue weighted by Gasteiger charge is 2.31. The summed E-state index contributed by atoms with van der Waals surface area (Å²) in [5.74, 6) is -0.540. The van der Waals surface area contributed by atoms with Gasteiger partial charge < -0.3 is 9.88 Å². The molecular weight excluding hydrogens is 397 g/mol. The minimum Gasteiger partial charge on any atom is -0.338 e. The van der Waals surface area contributed by atoms with E-state index in [1.54, 1.807) is 11.0 Å². The summed E-state index contributed by atoms with van der Waals surface area (Å²) in [4.78, 5) is 30.1. The number of aromatic nitrogens is 1. The number of fused-ring (bicyclic) bond motifs is 1. The molecular formula is C20H23ClFN5O2. The molecule has 0 saturated carbocycles. The number of hydrogen-bond acceptors (Lipinski definition) is 5. The maximum absolute atomic E-state index is 13.6. The molecule has 1 atom stereocenters. The van der Waals surface area contributed by atoms with Gasteiger partial charge in [0.25, 0.3) is 5.56 Å². The number of benzene rings is 1. The number of halogens is 2. The molecule has 29 heavy (non-hydrogen) atoms. The number of carbonyl (C=O) groups is 1. The molecule has 7 nitrogen and oxygen atoms in total. The van der Waals surface area contributed by atoms with Gasteiger partial charge in [0.2, 0.25) is 5.91 Å². The van der Waals surface area contributed by atoms with Gasteiger partial charge in [-0.15, -0.1) is 11.6 Å². The van der Waals surface area contributed by atoms with Crippen molar-refractivity contribution in [2.45, 2.75) is 25.0 Å². The molecule has 154 valence electrons. The van der Waals surface area contributed by atoms with Crippen LogP contribution in [0.3, 0.4) is 0 Å². The Morgan fingerprint density at radius 2 is 2.21 bits per heavy atom. The smallest absolute Gasteiger partial charge is 0.266 e. The van der Waals surface area contributed by atoms with Gasteiger partial charge in [-0.2, -0.15) is 5.26 Å². The molecule has 1 unspecified atom stereocenters. The molecule has 3 rings (SSSR count). The molecule has 2 N–H and O–H groups in total. The molecule has 0 spiro atoms. The lowest BCUT2D eigenvalue weighted by molar-refractivity contribution is -0.133. The number of aromatic amines is 1. The van der Waals surface area contributed by atoms with Crippen molar-refractivity contribution in [3.05, 3.63) is 45.5 Å². The molecule has 1 amide bonds. The number of nitrogens with zero attached hydrogens (tertiary/aromatic N) is 3. The Labute approximate surface area is 173 Å². The third-order valence-electron chi connectivity index (χ3n) is 5.26. The van der Waals surface area contributed by atoms with E-state index in [2.05, 4.69) is 10.3 Å². The highest BCUT2D eigenvalue weighted by molar-refractivity contribution is 6.27. The van der Waals surface area contributed by atoms with Crippen LogP contribution in [0.15, 0.2) is 23.0 Å². The first-order chi connectivity index (χ1) is 13.8. The van der Waals surface area contributed by atoms with Crippen molar-refractivity contribution >= 4 is 28.4 Å². The third-order valence-corrected chi connectivity index (χ3v) is 5.49. The highest BCUT2D eigenvalue weighted by atomic mass is 35.5. The zero-order valence-electron chi connectivity index (χ0n) is 16.3. The molecule has 1 aromatic carbocycles. The van der Waals surface area contributed by atoms with Crippen molar-refractivity contribution in [1.82, 2.24) is 20.1 Å². The summed E-state index contributed by atoms with van der Waals surface area (Å²) in [6.45, 7) is 1.21. The van der Waals surface area contributed by atoms with Crippen molar-refractivity contribution in [2.75, 3.05) is 33.1 Å². The fourth-order valence-electron chi connectivity index (χ4n) is 3.63. The van der Waals surface area contributed by atoms with E-state index < -0.39 is 11.4 Å². The number of alkyl halides is 1. The molecule has 1 aliphatic heterocycles. The topological polar surface area (TPSA) is 92.2 Å². The number of H-pyrrole nitrogens is 1. The minimum absolute atomic E-state index is 0.0169. The number of rotatable bonds is 7. The lowest BCUT2D eigenvalue weighted by Crippen LogP contribution is -2.63. The molecule has 1 aromatic heterocycles. The van der Waals surface area contributed by atoms with Crippen molar-refractivity contribution < 1.29 is 9.18 Å². The van der Waals surface area contributed by atoms with E-state index >= 15 is 0 Å². The molecule has 0 radical (unpaired) electrons. The Hall–Kier alpha value is -2.47. The lowest BCUT2D eigenvalue weighted by Gasteiger charge is -2.42. The standard InChI is InChI=1S/C20H23ClFN5O2/c1-26(2)18(24-13-10-27(11-13)19(28)8-21)6-5-14-15-4-3-12(22)7-17(15)25-20(29)16(14)9-23/h3-4,7,13,18,24H,5-6,8,10-11H2,1-2H3,(H,25,29). The number of pyridine rings is 1. The van der Waals surface area contributed by atoms with E-state index in [0.29, 0.717) is 42.4 Å². The summed E-state index contributed by atoms with van der Waals surface area (Å²) in [6.07, 6.45) is 1.09. The Balaban J connectivity index is 1.76. The van der Waals surface area contributed by atoms with Crippen LogP contribution in [-0.4, -0.2) is 66.0 Å². The number of nitriles is 1. The number of nitrogens with one attached hydrogen (secondary N) is 2. The number of aryl methyl sites for hydroxylation is 1. The predicted octanol–water partition coefficient (Wildman–Crippen LogP) is 1.40. The number of amides is 1. The molecule has 1 fully saturated rings. The fourth-order valence-corrected chi connectivity index (χ4v) is 3.80. The summed E-state index contributed by atoms with van der Waals surface area (Å²) in [6, 6.07) is 6.33. The fraction of sp³-hybridized carbons (Fsp3) is 0.450. The second-order valence-electron chi connectivity index (χ2n) is 7.42. The van der Waals surface area contributed by atoms with Crippen molar-refractivity contribution in [3.8, 4) is 6.07 Å². The second-order valence-corrected chi connectivity index (χ2v) is 7.69. The highest BCUT2D eigenvalue weighted by Crippen LogP contribution is 2.22. The van der Waals surface area contributed by atoms with Crippen LogP contribution in [0.5, 0.6) is 0 Å². The van der Waals surface area contributed by atoms with Gasteiger partial charge >= 0.3 is 0 Å². The number of hydrogen-bond donors (Lipinski definition) is 2. The monoisotopic (exact) mass is 419 g/mol. The van der Waals surface area contributed by atoms with Crippen molar-refractivity contribution in [3.63, 3.8) is 0 Å². The molecule has 2 heterocycles. The first kappa shape index (κ1) is 21.2. The zero-order valence-corrected chi connectivity index (χ0v) is 17.1. The normalized spacial score (nSPS) is 15.4. The van der Waals surface area contributed by atoms with Crippen LogP contribution in [0.2, 0.25) is 0 Å². The summed E-state index contributed by atoms with van der Waals surface area (Å²) >= 11 is 5.58. The van der Waals surface area contributed by atoms with Crippen molar-refractivity contribution in [2.24, 2.45) is 0 Å². The summed E-state index contributed by atoms with van der Waals surface area (Å²) in [5.41, 5.74) is 0.549. The Morgan fingerprint density at radius 1 is 1.48 bits per heavy atom. The average Bonchev–Trinajstić information content (AvgIpc) is 2.64. The van der Waals surface area contributed by atoms with Gasteiger partial charge in [-0.05, 0) is 50.7 Å². The quantitative estimate of drug-likeness (QED) is 0.522. The van der Waals surface area contributed by atoms with E-state index in [9.17, 15) is 19.2 Å². The SMILES string of the molecule is CN(C)C(CCc1c(C#N)c(=O)[nH]c2cc(F)ccc12)NC1CN(C(=O)CCl)C1. The van der Waals surface area contributed by atoms with E-state index in [-0.39, 0.29) is 29.6 Å². The first-order valence-electron chi connectivity index (χ1n) is 9.34. The number of carbonyl (C=O) groups excluding carboxylic acids is 1. The van der Waals surface area contributed by atoms with Crippen LogP contribution in [0.25, 0.3) is 10.9 Å². The second kappa shape index (κ2) is 8.91. The van der Waals surface area contributed by atoms with Crippen LogP contribution in [0.4, 0.5) is 4.39 Å². The summed E-state index contributed by atoms with van der Waals surface area (Å²) in [7, 11) is 3.88. The van der Waals surface area contributed by atoms with Gasteiger partial charge in [0.05, 0.1) is 11.7 Å². The van der Waals surface area contributed by atoms with Crippen LogP contribution in [0, 0.1) is 17.1 Å². The minimum atomic E-state index is -0.510. The van der Waals surface area contributed by atoms with Crippen LogP contribution >= 0.6 is 11.6 Å². The van der Waals surface area contributed by atoms with Gasteiger partial charge in [0.1, 0.15) is 23.3 Å². The third kappa shape index (κ3) is 4.58. The first-order valence-corrected chi connectivity index (χ1v) is 9.88. The Kier molecular flexibility index (Phi) is 6.52. The van der Waals surface area contributed by atoms with Crippen LogP contribution in [-0.2, 0) is 11.2 Å². The van der Waals surface area contributed by atoms with Gasteiger partial charge in [0, 0.05) is 24.5 Å². The van der Waals surface area contributed by atoms with Gasteiger partial charge in [0.15, 0.2) is 0 Å². The average molecular weight is 420 g/mol. The van der Waals surface area contributed by atoms with E-state index in [4.69, 9.17) is 11.6 Å². The van der Waals surface area contributed by atoms with E-state index in [1.807, 2.05) is 25.1 Å². The Morgan fingerprint density at radius 3 is 2.83 bits per heavy atom. The molecule has 2 aromatic rings. The summed E-state index contributed by atoms with van der Waals surface area (Å²) in [5, 5.41) is 13.6. The maximum atomic E-state index is 13.6. The van der Waals surface area contributed by atoms with Gasteiger partial charge in [-0.1, -0.05) is 0 Å². The zero-order chi connectivity index (χ0) is 21.1. The van der Waals surface area contributed by atoms with Gasteiger partial charge in [-0.25, -0.2) is 4.39 Å². The molecule has 1 aliphatic rings. The molecule has 0 aliphatic carbocycles.